The summed E-state index contributed by atoms with van der Waals surface area (Å²) in [4.78, 5) is 84.9. The summed E-state index contributed by atoms with van der Waals surface area (Å²) in [6.07, 6.45) is 0.693. The number of hydrogen-bond acceptors (Lipinski definition) is 11. The molecule has 0 aromatic heterocycles. The van der Waals surface area contributed by atoms with Gasteiger partial charge in [0, 0.05) is 65.5 Å². The Morgan fingerprint density at radius 1 is 0.717 bits per heavy atom. The quantitative estimate of drug-likeness (QED) is 0.0621. The van der Waals surface area contributed by atoms with Crippen molar-refractivity contribution < 1.29 is 105 Å². The van der Waals surface area contributed by atoms with Gasteiger partial charge in [0.05, 0.1) is 25.7 Å². The van der Waals surface area contributed by atoms with Gasteiger partial charge in [-0.25, -0.2) is 9.59 Å². The van der Waals surface area contributed by atoms with Crippen molar-refractivity contribution in [3.8, 4) is 11.5 Å². The van der Waals surface area contributed by atoms with E-state index in [1.165, 1.54) is 24.3 Å². The van der Waals surface area contributed by atoms with E-state index in [9.17, 15) is 38.4 Å². The van der Waals surface area contributed by atoms with Crippen molar-refractivity contribution >= 4 is 63.3 Å². The number of aromatic carboxylic acids is 2. The minimum absolute atomic E-state index is 0. The average Bonchev–Trinajstić information content (AvgIpc) is 3.40. The molecule has 4 N–H and O–H groups in total. The van der Waals surface area contributed by atoms with E-state index in [-0.39, 0.29) is 121 Å². The van der Waals surface area contributed by atoms with Crippen molar-refractivity contribution in [2.24, 2.45) is 11.8 Å². The summed E-state index contributed by atoms with van der Waals surface area (Å²) in [5.74, 6) is -4.97. The monoisotopic (exact) mass is 909 g/mol. The molecule has 1 saturated heterocycles. The van der Waals surface area contributed by atoms with Crippen LogP contribution in [0.4, 0.5) is 0 Å². The molecule has 0 atom stereocenters. The molecule has 53 heavy (non-hydrogen) atoms. The number of cyclic esters (lactones) is 2. The Balaban J connectivity index is -0.000000303. The van der Waals surface area contributed by atoms with Crippen LogP contribution in [0, 0.1) is 11.8 Å². The normalized spacial score (nSPS) is 11.1. The van der Waals surface area contributed by atoms with E-state index in [2.05, 4.69) is 41.4 Å². The molecule has 17 heteroatoms. The van der Waals surface area contributed by atoms with Gasteiger partial charge in [0.25, 0.3) is 0 Å². The zero-order valence-electron chi connectivity index (χ0n) is 30.8. The molecular formula is C36H47BrCuO14Zn. The molecule has 0 unspecified atom stereocenters. The van der Waals surface area contributed by atoms with Crippen LogP contribution in [0.3, 0.4) is 0 Å². The number of aromatic hydroxyl groups is 1. The number of ether oxygens (including phenoxy) is 2. The standard InChI is InChI=1S/C14H16O5.C7H6O3.C7H12O3.C4H9Br.C4H4O3.Cu.Zn/c1-9(2)11(15)7-8-13(16)19-12-6-4-3-5-10(12)14(17)18;8-6-4-2-1-3-5(6)7(9)10;1-5(2)6(8)3-4-7(9)10;1-4(2,3)5;5-3-1-2-4(6)7-3;;/h3-6,9H,7-8H2,1-2H3,(H,17,18);1-4,8H,(H,9,10);5H,3-4H2,1-2H3,(H,9,10);1-3H3;1-2H2;;. The van der Waals surface area contributed by atoms with Gasteiger partial charge in [-0.05, 0) is 24.3 Å². The smallest absolute Gasteiger partial charge is 0.339 e. The number of carbonyl (C=O) groups excluding carboxylic acids is 5. The third-order valence-electron chi connectivity index (χ3n) is 5.69. The SMILES string of the molecule is CC(C)(C)Br.CC(C)C(=O)CCC(=O)O.CC(C)C(=O)CCC(=O)Oc1ccccc1C(=O)O.O=C(O)c1ccccc1O.O=C1CCC(=O)O1.[Cu].[Zn]. The van der Waals surface area contributed by atoms with Crippen LogP contribution in [0.5, 0.6) is 11.5 Å². The number of benzene rings is 2. The van der Waals surface area contributed by atoms with Crippen LogP contribution in [0.15, 0.2) is 48.5 Å². The molecule has 0 spiro atoms. The van der Waals surface area contributed by atoms with Gasteiger partial charge in [-0.3, -0.25) is 28.8 Å². The Kier molecular flexibility index (Phi) is 31.3. The second-order valence-electron chi connectivity index (χ2n) is 12.1. The van der Waals surface area contributed by atoms with Crippen molar-refractivity contribution in [1.82, 2.24) is 0 Å². The van der Waals surface area contributed by atoms with Crippen molar-refractivity contribution in [1.29, 1.82) is 0 Å². The summed E-state index contributed by atoms with van der Waals surface area (Å²) in [5.41, 5.74) is -0.145. The predicted molar refractivity (Wildman–Crippen MR) is 189 cm³/mol. The molecule has 1 radical (unpaired) electrons. The van der Waals surface area contributed by atoms with Gasteiger partial charge in [0.1, 0.15) is 34.2 Å². The zero-order valence-corrected chi connectivity index (χ0v) is 36.3. The van der Waals surface area contributed by atoms with Gasteiger partial charge in [0.15, 0.2) is 0 Å². The van der Waals surface area contributed by atoms with E-state index in [1.54, 1.807) is 52.0 Å². The largest absolute Gasteiger partial charge is 0.507 e. The molecule has 295 valence electrons. The third-order valence-corrected chi connectivity index (χ3v) is 5.69. The number of Topliss-reactive ketones (excluding diaryl/α,β-unsaturated/α-hetero) is 2. The molecule has 0 bridgehead atoms. The number of carboxylic acids is 3. The van der Waals surface area contributed by atoms with Gasteiger partial charge in [-0.1, -0.05) is 88.7 Å². The molecule has 2 aromatic carbocycles. The van der Waals surface area contributed by atoms with E-state index in [4.69, 9.17) is 25.2 Å². The first-order valence-electron chi connectivity index (χ1n) is 15.7. The van der Waals surface area contributed by atoms with Gasteiger partial charge < -0.3 is 29.9 Å². The summed E-state index contributed by atoms with van der Waals surface area (Å²) in [7, 11) is 0. The number of hydrogen-bond donors (Lipinski definition) is 4. The number of esters is 3. The Morgan fingerprint density at radius 2 is 1.09 bits per heavy atom. The van der Waals surface area contributed by atoms with Crippen LogP contribution >= 0.6 is 15.9 Å². The van der Waals surface area contributed by atoms with Crippen molar-refractivity contribution in [2.75, 3.05) is 0 Å². The van der Waals surface area contributed by atoms with Crippen LogP contribution in [0.2, 0.25) is 0 Å². The molecular weight excluding hydrogens is 865 g/mol. The number of aliphatic carboxylic acids is 1. The molecule has 0 amide bonds. The van der Waals surface area contributed by atoms with E-state index in [0.29, 0.717) is 4.32 Å². The number of carbonyl (C=O) groups is 8. The summed E-state index contributed by atoms with van der Waals surface area (Å²) in [6.45, 7) is 13.4. The third kappa shape index (κ3) is 31.5. The zero-order chi connectivity index (χ0) is 39.9. The molecule has 3 rings (SSSR count). The van der Waals surface area contributed by atoms with Crippen LogP contribution in [-0.4, -0.2) is 72.1 Å². The number of para-hydroxylation sites is 2. The summed E-state index contributed by atoms with van der Waals surface area (Å²) >= 11 is 3.38. The van der Waals surface area contributed by atoms with Gasteiger partial charge >= 0.3 is 35.8 Å². The maximum atomic E-state index is 11.5. The number of ketones is 2. The van der Waals surface area contributed by atoms with Crippen molar-refractivity contribution in [3.05, 3.63) is 59.7 Å². The Morgan fingerprint density at radius 3 is 1.42 bits per heavy atom. The molecule has 1 heterocycles. The maximum absolute atomic E-state index is 11.5. The Labute approximate surface area is 340 Å². The molecule has 2 aromatic rings. The Bertz CT molecular complexity index is 1480. The van der Waals surface area contributed by atoms with Crippen LogP contribution < -0.4 is 4.74 Å². The van der Waals surface area contributed by atoms with Gasteiger partial charge in [-0.2, -0.15) is 0 Å². The molecule has 0 aliphatic carbocycles. The fraction of sp³-hybridized carbons (Fsp3) is 0.444. The van der Waals surface area contributed by atoms with E-state index >= 15 is 0 Å². The van der Waals surface area contributed by atoms with E-state index in [1.807, 2.05) is 0 Å². The van der Waals surface area contributed by atoms with E-state index < -0.39 is 35.8 Å². The average molecular weight is 913 g/mol. The molecule has 14 nitrogen and oxygen atoms in total. The van der Waals surface area contributed by atoms with Crippen molar-refractivity contribution in [3.63, 3.8) is 0 Å². The molecule has 1 aliphatic rings. The topological polar surface area (TPSA) is 236 Å². The summed E-state index contributed by atoms with van der Waals surface area (Å²) in [5, 5.41) is 34.4. The number of halogens is 1. The maximum Gasteiger partial charge on any atom is 0.339 e. The molecule has 0 saturated carbocycles. The van der Waals surface area contributed by atoms with Gasteiger partial charge in [0.2, 0.25) is 0 Å². The fourth-order valence-corrected chi connectivity index (χ4v) is 3.03. The predicted octanol–water partition coefficient (Wildman–Crippen LogP) is 6.49. The first-order chi connectivity index (χ1) is 23.5. The summed E-state index contributed by atoms with van der Waals surface area (Å²) < 4.78 is 9.36. The van der Waals surface area contributed by atoms with E-state index in [0.717, 1.165) is 0 Å². The number of phenols is 1. The van der Waals surface area contributed by atoms with Crippen LogP contribution in [-0.2, 0) is 70.1 Å². The fourth-order valence-electron chi connectivity index (χ4n) is 3.03. The molecule has 1 aliphatic heterocycles. The van der Waals surface area contributed by atoms with Crippen LogP contribution in [0.25, 0.3) is 0 Å². The van der Waals surface area contributed by atoms with Crippen molar-refractivity contribution in [2.45, 2.75) is 91.3 Å². The Hall–Kier alpha value is -3.78. The minimum Gasteiger partial charge on any atom is -0.507 e. The van der Waals surface area contributed by atoms with Crippen LogP contribution in [0.1, 0.15) is 108 Å². The molecule has 1 fully saturated rings. The number of alkyl halides is 1. The second-order valence-corrected chi connectivity index (χ2v) is 14.5. The summed E-state index contributed by atoms with van der Waals surface area (Å²) in [6, 6.07) is 11.7. The number of carboxylic acid groups (broad SMARTS) is 3. The first-order valence-corrected chi connectivity index (χ1v) is 16.5. The van der Waals surface area contributed by atoms with Gasteiger partial charge in [-0.15, -0.1) is 0 Å². The first kappa shape index (κ1) is 56.0. The second kappa shape index (κ2) is 29.7. The number of rotatable bonds is 11. The minimum atomic E-state index is -1.17.